The van der Waals surface area contributed by atoms with Crippen LogP contribution in [0.2, 0.25) is 0 Å². The molecule has 1 aromatic heterocycles. The van der Waals surface area contributed by atoms with Gasteiger partial charge in [-0.3, -0.25) is 0 Å². The van der Waals surface area contributed by atoms with Crippen LogP contribution in [0.5, 0.6) is 0 Å². The van der Waals surface area contributed by atoms with Crippen molar-refractivity contribution >= 4 is 27.8 Å². The first-order chi connectivity index (χ1) is 15.6. The summed E-state index contributed by atoms with van der Waals surface area (Å²) in [4.78, 5) is 3.90. The number of allylic oxidation sites excluding steroid dienone is 1. The lowest BCUT2D eigenvalue weighted by Crippen LogP contribution is -2.37. The average molecular weight is 502 g/mol. The summed E-state index contributed by atoms with van der Waals surface area (Å²) >= 11 is 1.53. The summed E-state index contributed by atoms with van der Waals surface area (Å²) in [5.41, 5.74) is 1.36. The molecule has 3 N–H and O–H groups in total. The zero-order chi connectivity index (χ0) is 24.7. The third kappa shape index (κ3) is 15.5. The largest absolute Gasteiger partial charge is 0.432 e. The van der Waals surface area contributed by atoms with E-state index in [1.165, 1.54) is 81.2 Å². The minimum Gasteiger partial charge on any atom is -0.432 e. The van der Waals surface area contributed by atoms with Crippen LogP contribution in [0.3, 0.4) is 0 Å². The molecule has 6 nitrogen and oxygen atoms in total. The summed E-state index contributed by atoms with van der Waals surface area (Å²) in [6, 6.07) is 0.163. The first kappa shape index (κ1) is 30.0. The maximum atomic E-state index is 11.8. The topological polar surface area (TPSA) is 98.2 Å². The van der Waals surface area contributed by atoms with E-state index >= 15 is 0 Å². The number of sulfonamides is 1. The van der Waals surface area contributed by atoms with E-state index in [-0.39, 0.29) is 6.01 Å². The van der Waals surface area contributed by atoms with Crippen LogP contribution in [-0.4, -0.2) is 30.3 Å². The zero-order valence-corrected chi connectivity index (χ0v) is 23.0. The molecule has 0 saturated heterocycles. The molecule has 3 atom stereocenters. The standard InChI is InChI=1S/C25H47N3O3S2/c1-20(2)9-6-10-21(3)11-7-12-22(4)13-8-14-23(5)15-18-32-19-24(33(26,29)30)28-25-27-16-17-31-25/h15-17,20-22,24H,6-14,18-19H2,1-5H3,(H,27,28)(H2,26,29,30). The van der Waals surface area contributed by atoms with Crippen LogP contribution >= 0.6 is 11.8 Å². The van der Waals surface area contributed by atoms with Crippen molar-refractivity contribution < 1.29 is 12.8 Å². The van der Waals surface area contributed by atoms with E-state index in [1.807, 2.05) is 0 Å². The molecule has 3 unspecified atom stereocenters. The van der Waals surface area contributed by atoms with Crippen molar-refractivity contribution in [3.63, 3.8) is 0 Å². The number of anilines is 1. The second-order valence-corrected chi connectivity index (χ2v) is 12.8. The van der Waals surface area contributed by atoms with E-state index in [0.717, 1.165) is 29.9 Å². The highest BCUT2D eigenvalue weighted by Gasteiger charge is 2.22. The molecule has 0 aliphatic carbocycles. The van der Waals surface area contributed by atoms with Crippen LogP contribution in [-0.2, 0) is 10.0 Å². The highest BCUT2D eigenvalue weighted by Crippen LogP contribution is 2.22. The Morgan fingerprint density at radius 2 is 1.70 bits per heavy atom. The molecule has 0 amide bonds. The monoisotopic (exact) mass is 501 g/mol. The number of hydrogen-bond acceptors (Lipinski definition) is 6. The quantitative estimate of drug-likeness (QED) is 0.159. The number of nitrogens with zero attached hydrogens (tertiary/aromatic N) is 1. The van der Waals surface area contributed by atoms with Crippen LogP contribution in [0.4, 0.5) is 6.01 Å². The highest BCUT2D eigenvalue weighted by molar-refractivity contribution is 8.00. The van der Waals surface area contributed by atoms with Gasteiger partial charge in [-0.15, -0.1) is 0 Å². The lowest BCUT2D eigenvalue weighted by atomic mass is 9.91. The predicted octanol–water partition coefficient (Wildman–Crippen LogP) is 6.82. The van der Waals surface area contributed by atoms with Gasteiger partial charge in [0.15, 0.2) is 5.37 Å². The van der Waals surface area contributed by atoms with Crippen LogP contribution < -0.4 is 10.5 Å². The molecular formula is C25H47N3O3S2. The van der Waals surface area contributed by atoms with E-state index in [0.29, 0.717) is 5.75 Å². The van der Waals surface area contributed by atoms with Gasteiger partial charge in [0.2, 0.25) is 10.0 Å². The maximum absolute atomic E-state index is 11.8. The van der Waals surface area contributed by atoms with Crippen molar-refractivity contribution in [1.29, 1.82) is 0 Å². The SMILES string of the molecule is CC(=CCSCC(Nc1ncco1)S(N)(=O)=O)CCCC(C)CCCC(C)CCCC(C)C. The fraction of sp³-hybridized carbons (Fsp3) is 0.800. The van der Waals surface area contributed by atoms with Crippen LogP contribution in [0.25, 0.3) is 0 Å². The molecule has 0 aliphatic heterocycles. The van der Waals surface area contributed by atoms with Crippen LogP contribution in [0.1, 0.15) is 92.4 Å². The smallest absolute Gasteiger partial charge is 0.295 e. The maximum Gasteiger partial charge on any atom is 0.295 e. The van der Waals surface area contributed by atoms with Gasteiger partial charge >= 0.3 is 0 Å². The predicted molar refractivity (Wildman–Crippen MR) is 143 cm³/mol. The van der Waals surface area contributed by atoms with Crippen molar-refractivity contribution in [2.24, 2.45) is 22.9 Å². The second-order valence-electron chi connectivity index (χ2n) is 10.0. The van der Waals surface area contributed by atoms with Gasteiger partial charge in [-0.1, -0.05) is 84.3 Å². The summed E-state index contributed by atoms with van der Waals surface area (Å²) in [6.07, 6.45) is 16.8. The zero-order valence-electron chi connectivity index (χ0n) is 21.4. The number of primary sulfonamides is 1. The van der Waals surface area contributed by atoms with E-state index in [4.69, 9.17) is 9.56 Å². The molecule has 0 radical (unpaired) electrons. The first-order valence-electron chi connectivity index (χ1n) is 12.5. The fourth-order valence-corrected chi connectivity index (χ4v) is 5.99. The molecule has 0 aromatic carbocycles. The lowest BCUT2D eigenvalue weighted by Gasteiger charge is -2.15. The summed E-state index contributed by atoms with van der Waals surface area (Å²) < 4.78 is 28.6. The van der Waals surface area contributed by atoms with Crippen molar-refractivity contribution in [1.82, 2.24) is 4.98 Å². The fourth-order valence-electron chi connectivity index (χ4n) is 3.84. The number of nitrogens with two attached hydrogens (primary N) is 1. The van der Waals surface area contributed by atoms with E-state index in [1.54, 1.807) is 0 Å². The Morgan fingerprint density at radius 1 is 1.09 bits per heavy atom. The third-order valence-electron chi connectivity index (χ3n) is 6.07. The van der Waals surface area contributed by atoms with Gasteiger partial charge in [0, 0.05) is 11.5 Å². The Hall–Kier alpha value is -0.990. The molecule has 33 heavy (non-hydrogen) atoms. The number of hydrogen-bond donors (Lipinski definition) is 2. The molecule has 1 rings (SSSR count). The number of thioether (sulfide) groups is 1. The number of nitrogens with one attached hydrogen (secondary N) is 1. The minimum absolute atomic E-state index is 0.163. The molecule has 1 heterocycles. The summed E-state index contributed by atoms with van der Waals surface area (Å²) in [5.74, 6) is 3.56. The van der Waals surface area contributed by atoms with Gasteiger partial charge in [-0.25, -0.2) is 18.5 Å². The summed E-state index contributed by atoms with van der Waals surface area (Å²) in [6.45, 7) is 11.6. The molecule has 1 aromatic rings. The molecular weight excluding hydrogens is 454 g/mol. The van der Waals surface area contributed by atoms with Crippen molar-refractivity contribution in [3.8, 4) is 0 Å². The van der Waals surface area contributed by atoms with E-state index in [9.17, 15) is 8.42 Å². The Kier molecular flexibility index (Phi) is 15.1. The molecule has 0 saturated carbocycles. The number of rotatable bonds is 19. The lowest BCUT2D eigenvalue weighted by molar-refractivity contribution is 0.389. The molecule has 0 aliphatic rings. The van der Waals surface area contributed by atoms with Crippen LogP contribution in [0, 0.1) is 17.8 Å². The second kappa shape index (κ2) is 16.6. The van der Waals surface area contributed by atoms with Gasteiger partial charge in [0.25, 0.3) is 6.01 Å². The average Bonchev–Trinajstić information content (AvgIpc) is 3.22. The van der Waals surface area contributed by atoms with Crippen molar-refractivity contribution in [2.75, 3.05) is 16.8 Å². The first-order valence-corrected chi connectivity index (χ1v) is 15.2. The van der Waals surface area contributed by atoms with Crippen molar-refractivity contribution in [2.45, 2.75) is 97.8 Å². The Bertz CT molecular complexity index is 749. The van der Waals surface area contributed by atoms with Gasteiger partial charge < -0.3 is 9.73 Å². The molecule has 0 bridgehead atoms. The molecule has 0 fully saturated rings. The summed E-state index contributed by atoms with van der Waals surface area (Å²) in [5, 5.41) is 7.14. The normalized spacial score (nSPS) is 15.5. The Balaban J connectivity index is 2.17. The van der Waals surface area contributed by atoms with Gasteiger partial charge in [-0.05, 0) is 37.5 Å². The third-order valence-corrected chi connectivity index (χ3v) is 8.33. The number of oxazole rings is 1. The van der Waals surface area contributed by atoms with Gasteiger partial charge in [0.1, 0.15) is 6.26 Å². The molecule has 192 valence electrons. The van der Waals surface area contributed by atoms with Gasteiger partial charge in [-0.2, -0.15) is 11.8 Å². The Morgan fingerprint density at radius 3 is 2.24 bits per heavy atom. The van der Waals surface area contributed by atoms with E-state index in [2.05, 4.69) is 51.0 Å². The minimum atomic E-state index is -3.74. The van der Waals surface area contributed by atoms with Gasteiger partial charge in [0.05, 0.1) is 6.20 Å². The van der Waals surface area contributed by atoms with Crippen molar-refractivity contribution in [3.05, 3.63) is 24.1 Å². The molecule has 0 spiro atoms. The Labute approximate surface area is 207 Å². The highest BCUT2D eigenvalue weighted by atomic mass is 32.2. The summed E-state index contributed by atoms with van der Waals surface area (Å²) in [7, 11) is -3.74. The number of aromatic nitrogens is 1. The van der Waals surface area contributed by atoms with E-state index < -0.39 is 15.4 Å². The van der Waals surface area contributed by atoms with Crippen LogP contribution in [0.15, 0.2) is 28.5 Å². The molecule has 8 heteroatoms.